The van der Waals surface area contributed by atoms with Crippen LogP contribution in [-0.4, -0.2) is 57.8 Å². The molecule has 2 aromatic heterocycles. The van der Waals surface area contributed by atoms with Crippen molar-refractivity contribution >= 4 is 67.6 Å². The van der Waals surface area contributed by atoms with Gasteiger partial charge in [-0.2, -0.15) is 0 Å². The minimum absolute atomic E-state index is 0.00286. The Kier molecular flexibility index (Phi) is 17.0. The van der Waals surface area contributed by atoms with E-state index in [4.69, 9.17) is 38.2 Å². The number of phenolic OH excluding ortho intramolecular Hbond substituents is 1. The van der Waals surface area contributed by atoms with Gasteiger partial charge in [-0.1, -0.05) is 77.0 Å². The van der Waals surface area contributed by atoms with E-state index in [1.54, 1.807) is 56.6 Å². The molecule has 6 rings (SSSR count). The van der Waals surface area contributed by atoms with Crippen LogP contribution < -0.4 is 27.2 Å². The zero-order chi connectivity index (χ0) is 41.8. The van der Waals surface area contributed by atoms with Gasteiger partial charge in [-0.3, -0.25) is 27.9 Å². The zero-order valence-corrected chi connectivity index (χ0v) is 36.0. The number of aliphatic hydroxyl groups is 2. The first-order valence-corrected chi connectivity index (χ1v) is 20.7. The Labute approximate surface area is 353 Å². The maximum absolute atomic E-state index is 13.2. The molecular formula is C42H47Cl2IN4O8. The summed E-state index contributed by atoms with van der Waals surface area (Å²) in [4.78, 5) is 51.3. The molecule has 0 amide bonds. The van der Waals surface area contributed by atoms with Crippen molar-refractivity contribution < 1.29 is 20.1 Å². The average Bonchev–Trinajstić information content (AvgIpc) is 3.19. The predicted octanol–water partition coefficient (Wildman–Crippen LogP) is 6.20. The number of phenols is 1. The molecule has 15 heteroatoms. The lowest BCUT2D eigenvalue weighted by molar-refractivity contribution is 0.277. The van der Waals surface area contributed by atoms with E-state index in [9.17, 15) is 24.3 Å². The predicted molar refractivity (Wildman–Crippen MR) is 236 cm³/mol. The highest BCUT2D eigenvalue weighted by atomic mass is 127. The van der Waals surface area contributed by atoms with E-state index in [-0.39, 0.29) is 37.6 Å². The number of aromatic nitrogens is 4. The monoisotopic (exact) mass is 932 g/mol. The molecule has 4 aromatic carbocycles. The largest absolute Gasteiger partial charge is 0.508 e. The average molecular weight is 934 g/mol. The lowest BCUT2D eigenvalue weighted by Crippen LogP contribution is -2.39. The molecule has 0 bridgehead atoms. The molecule has 0 aliphatic carbocycles. The van der Waals surface area contributed by atoms with E-state index in [1.165, 1.54) is 24.2 Å². The molecule has 57 heavy (non-hydrogen) atoms. The number of hydrogen-bond acceptors (Lipinski definition) is 8. The number of aromatic hydroxyl groups is 1. The summed E-state index contributed by atoms with van der Waals surface area (Å²) in [7, 11) is 3.23. The van der Waals surface area contributed by atoms with Crippen LogP contribution in [0, 0.1) is 0 Å². The molecule has 0 aliphatic heterocycles. The van der Waals surface area contributed by atoms with E-state index < -0.39 is 16.9 Å². The van der Waals surface area contributed by atoms with Gasteiger partial charge in [0.2, 0.25) is 0 Å². The van der Waals surface area contributed by atoms with Crippen molar-refractivity contribution in [2.24, 2.45) is 14.1 Å². The van der Waals surface area contributed by atoms with Crippen molar-refractivity contribution in [3.05, 3.63) is 147 Å². The Hall–Kier alpha value is -4.41. The van der Waals surface area contributed by atoms with Crippen molar-refractivity contribution in [3.8, 4) is 11.5 Å². The van der Waals surface area contributed by atoms with Crippen molar-refractivity contribution in [3.63, 3.8) is 0 Å². The van der Waals surface area contributed by atoms with Crippen LogP contribution in [0.25, 0.3) is 21.8 Å². The molecule has 2 heterocycles. The van der Waals surface area contributed by atoms with Gasteiger partial charge in [0, 0.05) is 74.4 Å². The Morgan fingerprint density at radius 3 is 1.46 bits per heavy atom. The lowest BCUT2D eigenvalue weighted by atomic mass is 10.00. The smallest absolute Gasteiger partial charge is 0.331 e. The van der Waals surface area contributed by atoms with Crippen LogP contribution in [0.4, 0.5) is 0 Å². The summed E-state index contributed by atoms with van der Waals surface area (Å²) in [5, 5.41) is 30.5. The summed E-state index contributed by atoms with van der Waals surface area (Å²) in [6.45, 7) is 4.53. The van der Waals surface area contributed by atoms with Crippen molar-refractivity contribution in [1.29, 1.82) is 0 Å². The summed E-state index contributed by atoms with van der Waals surface area (Å²) in [6, 6.07) is 21.2. The summed E-state index contributed by atoms with van der Waals surface area (Å²) in [5.74, 6) is 0.617. The third-order valence-corrected chi connectivity index (χ3v) is 9.66. The molecule has 0 unspecified atom stereocenters. The van der Waals surface area contributed by atoms with Crippen molar-refractivity contribution in [2.75, 3.05) is 24.2 Å². The molecule has 0 saturated carbocycles. The van der Waals surface area contributed by atoms with Crippen LogP contribution in [0.2, 0.25) is 10.0 Å². The highest BCUT2D eigenvalue weighted by Crippen LogP contribution is 2.29. The first kappa shape index (κ1) is 45.3. The second-order valence-electron chi connectivity index (χ2n) is 13.0. The maximum Gasteiger partial charge on any atom is 0.331 e. The standard InChI is InChI=1S/C21H23ClN2O4.C19H19ClN2O4.C2H5I/c1-3-28-18-10-9-17-19(16(18)13-14-5-7-15(22)8-6-14)20(26)24(11-4-12-25)21(27)23(17)2;1-21-15-7-8-16(24)14(11-12-3-5-13(20)6-4-12)17(15)18(25)22(19(21)26)9-2-10-23;1-2-3/h5-10,25H,3-4,11-13H2,1-2H3;3-8,23-24H,2,9-11H2,1H3;2H2,1H3. The molecule has 0 radical (unpaired) electrons. The highest BCUT2D eigenvalue weighted by molar-refractivity contribution is 14.1. The molecular weight excluding hydrogens is 886 g/mol. The number of hydrogen-bond donors (Lipinski definition) is 3. The van der Waals surface area contributed by atoms with Gasteiger partial charge in [-0.25, -0.2) is 9.59 Å². The fourth-order valence-electron chi connectivity index (χ4n) is 6.40. The number of rotatable bonds is 12. The first-order valence-electron chi connectivity index (χ1n) is 18.4. The molecule has 0 saturated heterocycles. The van der Waals surface area contributed by atoms with Gasteiger partial charge in [-0.15, -0.1) is 0 Å². The fraction of sp³-hybridized carbons (Fsp3) is 0.333. The molecule has 304 valence electrons. The molecule has 0 spiro atoms. The quantitative estimate of drug-likeness (QED) is 0.0968. The van der Waals surface area contributed by atoms with Gasteiger partial charge in [0.05, 0.1) is 28.4 Å². The number of benzene rings is 4. The van der Waals surface area contributed by atoms with Crippen LogP contribution in [0.3, 0.4) is 0 Å². The molecule has 12 nitrogen and oxygen atoms in total. The summed E-state index contributed by atoms with van der Waals surface area (Å²) >= 11 is 14.2. The van der Waals surface area contributed by atoms with Gasteiger partial charge in [0.25, 0.3) is 11.1 Å². The minimum Gasteiger partial charge on any atom is -0.508 e. The minimum atomic E-state index is -0.462. The second kappa shape index (κ2) is 21.4. The van der Waals surface area contributed by atoms with Crippen LogP contribution >= 0.6 is 45.8 Å². The SMILES string of the molecule is CCI.CCOc1ccc2c(c1Cc1ccc(Cl)cc1)c(=O)n(CCCO)c(=O)n2C.Cn1c(=O)n(CCCO)c(=O)c2c(Cc3ccc(Cl)cc3)c(O)ccc21. The number of halogens is 3. The summed E-state index contributed by atoms with van der Waals surface area (Å²) in [6.07, 6.45) is 1.43. The lowest BCUT2D eigenvalue weighted by Gasteiger charge is -2.17. The normalized spacial score (nSPS) is 10.9. The van der Waals surface area contributed by atoms with E-state index in [2.05, 4.69) is 29.5 Å². The van der Waals surface area contributed by atoms with Gasteiger partial charge >= 0.3 is 11.4 Å². The van der Waals surface area contributed by atoms with Crippen LogP contribution in [0.1, 0.15) is 48.9 Å². The Bertz CT molecular complexity index is 2550. The first-order chi connectivity index (χ1) is 27.3. The zero-order valence-electron chi connectivity index (χ0n) is 32.3. The Balaban J connectivity index is 0.000000237. The van der Waals surface area contributed by atoms with Crippen LogP contribution in [-0.2, 0) is 40.0 Å². The second-order valence-corrected chi connectivity index (χ2v) is 15.4. The van der Waals surface area contributed by atoms with E-state index in [1.807, 2.05) is 31.2 Å². The van der Waals surface area contributed by atoms with E-state index in [0.717, 1.165) is 21.3 Å². The maximum atomic E-state index is 13.2. The third kappa shape index (κ3) is 10.8. The van der Waals surface area contributed by atoms with Crippen LogP contribution in [0.15, 0.2) is 92.0 Å². The third-order valence-electron chi connectivity index (χ3n) is 9.16. The van der Waals surface area contributed by atoms with Crippen molar-refractivity contribution in [1.82, 2.24) is 18.3 Å². The molecule has 0 atom stereocenters. The van der Waals surface area contributed by atoms with Gasteiger partial charge < -0.3 is 20.1 Å². The number of nitrogens with zero attached hydrogens (tertiary/aromatic N) is 4. The molecule has 0 fully saturated rings. The molecule has 0 aliphatic rings. The number of fused-ring (bicyclic) bond motifs is 2. The highest BCUT2D eigenvalue weighted by Gasteiger charge is 2.19. The van der Waals surface area contributed by atoms with Gasteiger partial charge in [0.15, 0.2) is 0 Å². The number of alkyl halides is 1. The summed E-state index contributed by atoms with van der Waals surface area (Å²) in [5.41, 5.74) is 2.41. The van der Waals surface area contributed by atoms with Gasteiger partial charge in [-0.05, 0) is 83.9 Å². The molecule has 3 N–H and O–H groups in total. The number of aliphatic hydroxyl groups excluding tert-OH is 2. The Morgan fingerprint density at radius 1 is 0.632 bits per heavy atom. The van der Waals surface area contributed by atoms with Gasteiger partial charge in [0.1, 0.15) is 11.5 Å². The fourth-order valence-corrected chi connectivity index (χ4v) is 6.65. The van der Waals surface area contributed by atoms with E-state index >= 15 is 0 Å². The topological polar surface area (TPSA) is 158 Å². The van der Waals surface area contributed by atoms with E-state index in [0.29, 0.717) is 75.5 Å². The van der Waals surface area contributed by atoms with Crippen molar-refractivity contribution in [2.45, 2.75) is 52.6 Å². The summed E-state index contributed by atoms with van der Waals surface area (Å²) < 4.78 is 12.1. The molecule has 6 aromatic rings. The van der Waals surface area contributed by atoms with Crippen LogP contribution in [0.5, 0.6) is 11.5 Å². The Morgan fingerprint density at radius 2 is 1.04 bits per heavy atom. The number of aryl methyl sites for hydroxylation is 2. The number of ether oxygens (including phenoxy) is 1.